The fourth-order valence-electron chi connectivity index (χ4n) is 2.90. The largest absolute Gasteiger partial charge is 0.491 e. The molecule has 1 atom stereocenters. The van der Waals surface area contributed by atoms with Crippen molar-refractivity contribution in [1.82, 2.24) is 10.3 Å². The van der Waals surface area contributed by atoms with Gasteiger partial charge in [0.2, 0.25) is 5.91 Å². The molecule has 0 aliphatic rings. The summed E-state index contributed by atoms with van der Waals surface area (Å²) in [6, 6.07) is 14.9. The lowest BCUT2D eigenvalue weighted by Crippen LogP contribution is -2.27. The Labute approximate surface area is 180 Å². The van der Waals surface area contributed by atoms with Crippen LogP contribution in [0.3, 0.4) is 0 Å². The molecule has 0 spiro atoms. The summed E-state index contributed by atoms with van der Waals surface area (Å²) in [6.07, 6.45) is 0.118. The van der Waals surface area contributed by atoms with Gasteiger partial charge in [-0.05, 0) is 62.7 Å². The predicted octanol–water partition coefficient (Wildman–Crippen LogP) is 5.05. The molecule has 3 rings (SSSR count). The van der Waals surface area contributed by atoms with Gasteiger partial charge in [0, 0.05) is 23.6 Å². The van der Waals surface area contributed by atoms with Gasteiger partial charge in [-0.1, -0.05) is 12.1 Å². The predicted molar refractivity (Wildman–Crippen MR) is 120 cm³/mol. The third kappa shape index (κ3) is 5.67. The van der Waals surface area contributed by atoms with E-state index in [2.05, 4.69) is 15.6 Å². The maximum atomic E-state index is 12.7. The highest BCUT2D eigenvalue weighted by Gasteiger charge is 2.16. The van der Waals surface area contributed by atoms with Crippen LogP contribution in [0, 0.1) is 0 Å². The van der Waals surface area contributed by atoms with E-state index in [9.17, 15) is 9.59 Å². The first kappa shape index (κ1) is 21.5. The first-order valence-electron chi connectivity index (χ1n) is 9.73. The molecule has 2 N–H and O–H groups in total. The lowest BCUT2D eigenvalue weighted by atomic mass is 10.1. The molecule has 30 heavy (non-hydrogen) atoms. The summed E-state index contributed by atoms with van der Waals surface area (Å²) in [6.45, 7) is 7.32. The molecule has 7 heteroatoms. The van der Waals surface area contributed by atoms with E-state index in [1.807, 2.05) is 69.3 Å². The highest BCUT2D eigenvalue weighted by Crippen LogP contribution is 2.26. The summed E-state index contributed by atoms with van der Waals surface area (Å²) < 4.78 is 5.66. The first-order valence-corrected chi connectivity index (χ1v) is 10.6. The smallest absolute Gasteiger partial charge is 0.271 e. The molecule has 2 aromatic carbocycles. The van der Waals surface area contributed by atoms with Crippen molar-refractivity contribution in [2.45, 2.75) is 39.8 Å². The van der Waals surface area contributed by atoms with Crippen molar-refractivity contribution in [3.63, 3.8) is 0 Å². The minimum absolute atomic E-state index is 0.118. The first-order chi connectivity index (χ1) is 14.3. The molecule has 2 amide bonds. The molecule has 0 bridgehead atoms. The van der Waals surface area contributed by atoms with Crippen LogP contribution < -0.4 is 15.4 Å². The number of hydrogen-bond donors (Lipinski definition) is 2. The average Bonchev–Trinajstić information content (AvgIpc) is 3.18. The number of anilines is 1. The van der Waals surface area contributed by atoms with E-state index >= 15 is 0 Å². The van der Waals surface area contributed by atoms with Gasteiger partial charge in [0.1, 0.15) is 16.5 Å². The SMILES string of the molecule is CC(=O)Nc1cccc(C(C)NC(=O)c2csc(-c3ccc(OC(C)C)cc3)n2)c1. The van der Waals surface area contributed by atoms with Gasteiger partial charge in [0.15, 0.2) is 0 Å². The molecule has 6 nitrogen and oxygen atoms in total. The number of aromatic nitrogens is 1. The Morgan fingerprint density at radius 2 is 1.80 bits per heavy atom. The second kappa shape index (κ2) is 9.54. The van der Waals surface area contributed by atoms with Gasteiger partial charge in [-0.3, -0.25) is 9.59 Å². The summed E-state index contributed by atoms with van der Waals surface area (Å²) >= 11 is 1.42. The fraction of sp³-hybridized carbons (Fsp3) is 0.261. The Balaban J connectivity index is 1.67. The van der Waals surface area contributed by atoms with Gasteiger partial charge in [-0.15, -0.1) is 11.3 Å². The topological polar surface area (TPSA) is 80.3 Å². The Bertz CT molecular complexity index is 1030. The fourth-order valence-corrected chi connectivity index (χ4v) is 3.71. The highest BCUT2D eigenvalue weighted by atomic mass is 32.1. The maximum Gasteiger partial charge on any atom is 0.271 e. The van der Waals surface area contributed by atoms with E-state index in [1.165, 1.54) is 18.3 Å². The van der Waals surface area contributed by atoms with Gasteiger partial charge in [0.05, 0.1) is 12.1 Å². The normalized spacial score (nSPS) is 11.8. The molecule has 0 fully saturated rings. The number of nitrogens with zero attached hydrogens (tertiary/aromatic N) is 1. The standard InChI is InChI=1S/C23H25N3O3S/c1-14(2)29-20-10-8-17(9-11-20)23-26-21(13-30-23)22(28)24-15(3)18-6-5-7-19(12-18)25-16(4)27/h5-15H,1-4H3,(H,24,28)(H,25,27). The van der Waals surface area contributed by atoms with E-state index in [0.29, 0.717) is 11.4 Å². The Kier molecular flexibility index (Phi) is 6.84. The number of benzene rings is 2. The number of rotatable bonds is 7. The van der Waals surface area contributed by atoms with Crippen molar-refractivity contribution in [2.24, 2.45) is 0 Å². The molecule has 0 aliphatic carbocycles. The van der Waals surface area contributed by atoms with E-state index in [1.54, 1.807) is 5.38 Å². The van der Waals surface area contributed by atoms with Crippen LogP contribution in [0.5, 0.6) is 5.75 Å². The molecular formula is C23H25N3O3S. The lowest BCUT2D eigenvalue weighted by molar-refractivity contribution is -0.114. The van der Waals surface area contributed by atoms with Crippen molar-refractivity contribution in [2.75, 3.05) is 5.32 Å². The van der Waals surface area contributed by atoms with E-state index in [4.69, 9.17) is 4.74 Å². The van der Waals surface area contributed by atoms with Crippen LogP contribution >= 0.6 is 11.3 Å². The molecule has 1 unspecified atom stereocenters. The van der Waals surface area contributed by atoms with Crippen molar-refractivity contribution in [1.29, 1.82) is 0 Å². The van der Waals surface area contributed by atoms with Crippen LogP contribution in [0.25, 0.3) is 10.6 Å². The number of thiazole rings is 1. The van der Waals surface area contributed by atoms with Crippen LogP contribution in [0.1, 0.15) is 49.8 Å². The van der Waals surface area contributed by atoms with Gasteiger partial charge in [-0.2, -0.15) is 0 Å². The molecule has 1 heterocycles. The van der Waals surface area contributed by atoms with Crippen LogP contribution in [0.4, 0.5) is 5.69 Å². The minimum Gasteiger partial charge on any atom is -0.491 e. The lowest BCUT2D eigenvalue weighted by Gasteiger charge is -2.14. The van der Waals surface area contributed by atoms with Crippen molar-refractivity contribution in [3.8, 4) is 16.3 Å². The van der Waals surface area contributed by atoms with Crippen LogP contribution in [-0.2, 0) is 4.79 Å². The van der Waals surface area contributed by atoms with Gasteiger partial charge >= 0.3 is 0 Å². The highest BCUT2D eigenvalue weighted by molar-refractivity contribution is 7.13. The molecule has 3 aromatic rings. The second-order valence-electron chi connectivity index (χ2n) is 7.23. The Morgan fingerprint density at radius 1 is 1.07 bits per heavy atom. The zero-order chi connectivity index (χ0) is 21.7. The molecule has 0 saturated carbocycles. The molecule has 0 saturated heterocycles. The third-order valence-electron chi connectivity index (χ3n) is 4.26. The number of carbonyl (C=O) groups is 2. The molecule has 1 aromatic heterocycles. The second-order valence-corrected chi connectivity index (χ2v) is 8.09. The summed E-state index contributed by atoms with van der Waals surface area (Å²) in [5.41, 5.74) is 2.90. The average molecular weight is 424 g/mol. The van der Waals surface area contributed by atoms with Gasteiger partial charge in [0.25, 0.3) is 5.91 Å². The molecule has 156 valence electrons. The number of carbonyl (C=O) groups excluding carboxylic acids is 2. The third-order valence-corrected chi connectivity index (χ3v) is 5.16. The van der Waals surface area contributed by atoms with Crippen LogP contribution in [0.2, 0.25) is 0 Å². The monoisotopic (exact) mass is 423 g/mol. The van der Waals surface area contributed by atoms with E-state index in [-0.39, 0.29) is 24.0 Å². The summed E-state index contributed by atoms with van der Waals surface area (Å²) in [5, 5.41) is 8.24. The van der Waals surface area contributed by atoms with E-state index in [0.717, 1.165) is 21.9 Å². The number of hydrogen-bond acceptors (Lipinski definition) is 5. The number of ether oxygens (including phenoxy) is 1. The van der Waals surface area contributed by atoms with E-state index < -0.39 is 0 Å². The summed E-state index contributed by atoms with van der Waals surface area (Å²) in [4.78, 5) is 28.4. The zero-order valence-corrected chi connectivity index (χ0v) is 18.2. The number of amides is 2. The summed E-state index contributed by atoms with van der Waals surface area (Å²) in [5.74, 6) is 0.427. The Morgan fingerprint density at radius 3 is 2.47 bits per heavy atom. The maximum absolute atomic E-state index is 12.7. The van der Waals surface area contributed by atoms with Crippen molar-refractivity contribution < 1.29 is 14.3 Å². The quantitative estimate of drug-likeness (QED) is 0.557. The molecule has 0 aliphatic heterocycles. The Hall–Kier alpha value is -3.19. The zero-order valence-electron chi connectivity index (χ0n) is 17.4. The van der Waals surface area contributed by atoms with Crippen LogP contribution in [-0.4, -0.2) is 22.9 Å². The van der Waals surface area contributed by atoms with Gasteiger partial charge in [-0.25, -0.2) is 4.98 Å². The van der Waals surface area contributed by atoms with Crippen molar-refractivity contribution >= 4 is 28.8 Å². The number of nitrogens with one attached hydrogen (secondary N) is 2. The molecular weight excluding hydrogens is 398 g/mol. The minimum atomic E-state index is -0.241. The van der Waals surface area contributed by atoms with Gasteiger partial charge < -0.3 is 15.4 Å². The van der Waals surface area contributed by atoms with Crippen molar-refractivity contribution in [3.05, 3.63) is 65.2 Å². The molecule has 0 radical (unpaired) electrons. The summed E-state index contributed by atoms with van der Waals surface area (Å²) in [7, 11) is 0. The van der Waals surface area contributed by atoms with Crippen LogP contribution in [0.15, 0.2) is 53.9 Å².